The number of nitrogens with zero attached hydrogens (tertiary/aromatic N) is 1. The molecule has 1 N–H and O–H groups in total. The number of halogens is 3. The molecule has 0 aliphatic heterocycles. The molecule has 20 heavy (non-hydrogen) atoms. The van der Waals surface area contributed by atoms with Gasteiger partial charge in [-0.15, -0.1) is 0 Å². The zero-order chi connectivity index (χ0) is 14.8. The molecule has 0 unspecified atom stereocenters. The lowest BCUT2D eigenvalue weighted by atomic mass is 10.1. The first-order valence-corrected chi connectivity index (χ1v) is 5.86. The van der Waals surface area contributed by atoms with Gasteiger partial charge in [-0.25, -0.2) is 0 Å². The molecule has 2 rings (SSSR count). The Labute approximate surface area is 114 Å². The molecule has 0 aromatic heterocycles. The van der Waals surface area contributed by atoms with Crippen LogP contribution in [-0.4, -0.2) is 0 Å². The minimum Gasteiger partial charge on any atom is -0.354 e. The quantitative estimate of drug-likeness (QED) is 0.868. The fourth-order valence-electron chi connectivity index (χ4n) is 1.78. The Balaban J connectivity index is 2.39. The van der Waals surface area contributed by atoms with Crippen LogP contribution in [0, 0.1) is 18.3 Å². The summed E-state index contributed by atoms with van der Waals surface area (Å²) in [6, 6.07) is 12.2. The van der Waals surface area contributed by atoms with E-state index < -0.39 is 11.7 Å². The van der Waals surface area contributed by atoms with Gasteiger partial charge in [0.05, 0.1) is 16.8 Å². The van der Waals surface area contributed by atoms with Gasteiger partial charge in [0.25, 0.3) is 0 Å². The van der Waals surface area contributed by atoms with Crippen LogP contribution in [0.5, 0.6) is 0 Å². The summed E-state index contributed by atoms with van der Waals surface area (Å²) in [5, 5.41) is 12.0. The van der Waals surface area contributed by atoms with Crippen molar-refractivity contribution in [3.63, 3.8) is 0 Å². The Morgan fingerprint density at radius 3 is 2.35 bits per heavy atom. The Kier molecular flexibility index (Phi) is 3.66. The van der Waals surface area contributed by atoms with Crippen molar-refractivity contribution in [1.29, 1.82) is 5.26 Å². The van der Waals surface area contributed by atoms with Crippen LogP contribution >= 0.6 is 0 Å². The van der Waals surface area contributed by atoms with E-state index in [4.69, 9.17) is 5.26 Å². The summed E-state index contributed by atoms with van der Waals surface area (Å²) in [4.78, 5) is 0. The number of alkyl halides is 3. The molecular formula is C15H11F3N2. The molecule has 0 atom stereocenters. The van der Waals surface area contributed by atoms with Gasteiger partial charge in [0.15, 0.2) is 0 Å². The number of hydrogen-bond donors (Lipinski definition) is 1. The third-order valence-corrected chi connectivity index (χ3v) is 2.88. The first-order chi connectivity index (χ1) is 9.41. The number of anilines is 2. The van der Waals surface area contributed by atoms with Crippen molar-refractivity contribution in [3.05, 3.63) is 59.2 Å². The first-order valence-electron chi connectivity index (χ1n) is 5.86. The van der Waals surface area contributed by atoms with Gasteiger partial charge in [0, 0.05) is 5.69 Å². The fraction of sp³-hybridized carbons (Fsp3) is 0.133. The summed E-state index contributed by atoms with van der Waals surface area (Å²) in [6.07, 6.45) is -4.45. The second-order valence-electron chi connectivity index (χ2n) is 4.31. The Bertz CT molecular complexity index is 670. The molecule has 0 aliphatic carbocycles. The summed E-state index contributed by atoms with van der Waals surface area (Å²) in [5.41, 5.74) is 1.18. The van der Waals surface area contributed by atoms with E-state index in [0.717, 1.165) is 23.4 Å². The van der Waals surface area contributed by atoms with Crippen molar-refractivity contribution >= 4 is 11.4 Å². The van der Waals surface area contributed by atoms with E-state index in [9.17, 15) is 13.2 Å². The average Bonchev–Trinajstić information content (AvgIpc) is 2.40. The molecule has 2 aromatic rings. The SMILES string of the molecule is Cc1ccccc1Nc1ccc(C(F)(F)F)cc1C#N. The monoisotopic (exact) mass is 276 g/mol. The Hall–Kier alpha value is -2.48. The van der Waals surface area contributed by atoms with Gasteiger partial charge in [-0.05, 0) is 36.8 Å². The fourth-order valence-corrected chi connectivity index (χ4v) is 1.78. The van der Waals surface area contributed by atoms with Gasteiger partial charge in [-0.2, -0.15) is 18.4 Å². The van der Waals surface area contributed by atoms with Crippen LogP contribution in [0.3, 0.4) is 0 Å². The van der Waals surface area contributed by atoms with Crippen LogP contribution in [0.1, 0.15) is 16.7 Å². The molecule has 0 aliphatic rings. The van der Waals surface area contributed by atoms with Crippen molar-refractivity contribution in [2.75, 3.05) is 5.32 Å². The van der Waals surface area contributed by atoms with Gasteiger partial charge < -0.3 is 5.32 Å². The largest absolute Gasteiger partial charge is 0.416 e. The molecule has 0 amide bonds. The van der Waals surface area contributed by atoms with E-state index in [0.29, 0.717) is 5.69 Å². The molecule has 0 heterocycles. The number of nitrogens with one attached hydrogen (secondary N) is 1. The maximum atomic E-state index is 12.6. The minimum absolute atomic E-state index is 0.0388. The smallest absolute Gasteiger partial charge is 0.354 e. The number of aryl methyl sites for hydroxylation is 1. The summed E-state index contributed by atoms with van der Waals surface area (Å²) < 4.78 is 37.8. The lowest BCUT2D eigenvalue weighted by molar-refractivity contribution is -0.137. The van der Waals surface area contributed by atoms with Crippen LogP contribution in [0.25, 0.3) is 0 Å². The summed E-state index contributed by atoms with van der Waals surface area (Å²) in [5.74, 6) is 0. The van der Waals surface area contributed by atoms with Gasteiger partial charge >= 0.3 is 6.18 Å². The molecule has 0 saturated carbocycles. The lowest BCUT2D eigenvalue weighted by Crippen LogP contribution is -2.06. The molecule has 5 heteroatoms. The van der Waals surface area contributed by atoms with Gasteiger partial charge in [-0.3, -0.25) is 0 Å². The highest BCUT2D eigenvalue weighted by Crippen LogP contribution is 2.32. The van der Waals surface area contributed by atoms with Crippen LogP contribution < -0.4 is 5.32 Å². The van der Waals surface area contributed by atoms with E-state index in [2.05, 4.69) is 5.32 Å². The van der Waals surface area contributed by atoms with Gasteiger partial charge in [0.1, 0.15) is 6.07 Å². The molecule has 0 fully saturated rings. The number of rotatable bonds is 2. The predicted molar refractivity (Wildman–Crippen MR) is 70.6 cm³/mol. The molecule has 2 nitrogen and oxygen atoms in total. The van der Waals surface area contributed by atoms with Crippen LogP contribution in [0.2, 0.25) is 0 Å². The summed E-state index contributed by atoms with van der Waals surface area (Å²) in [6.45, 7) is 1.87. The zero-order valence-electron chi connectivity index (χ0n) is 10.6. The molecule has 102 valence electrons. The number of para-hydroxylation sites is 1. The number of nitriles is 1. The van der Waals surface area contributed by atoms with E-state index in [-0.39, 0.29) is 5.56 Å². The standard InChI is InChI=1S/C15H11F3N2/c1-10-4-2-3-5-13(10)20-14-7-6-12(15(16,17)18)8-11(14)9-19/h2-8,20H,1H3. The highest BCUT2D eigenvalue weighted by molar-refractivity contribution is 5.69. The van der Waals surface area contributed by atoms with Crippen LogP contribution in [0.15, 0.2) is 42.5 Å². The molecule has 0 radical (unpaired) electrons. The second-order valence-corrected chi connectivity index (χ2v) is 4.31. The zero-order valence-corrected chi connectivity index (χ0v) is 10.6. The van der Waals surface area contributed by atoms with Crippen LogP contribution in [-0.2, 0) is 6.18 Å². The van der Waals surface area contributed by atoms with E-state index in [1.165, 1.54) is 6.07 Å². The minimum atomic E-state index is -4.45. The van der Waals surface area contributed by atoms with Crippen molar-refractivity contribution in [1.82, 2.24) is 0 Å². The summed E-state index contributed by atoms with van der Waals surface area (Å²) in [7, 11) is 0. The number of hydrogen-bond acceptors (Lipinski definition) is 2. The lowest BCUT2D eigenvalue weighted by Gasteiger charge is -2.13. The summed E-state index contributed by atoms with van der Waals surface area (Å²) >= 11 is 0. The van der Waals surface area contributed by atoms with Crippen molar-refractivity contribution in [2.24, 2.45) is 0 Å². The molecule has 2 aromatic carbocycles. The second kappa shape index (κ2) is 5.25. The van der Waals surface area contributed by atoms with Crippen molar-refractivity contribution < 1.29 is 13.2 Å². The normalized spacial score (nSPS) is 10.9. The van der Waals surface area contributed by atoms with E-state index in [1.807, 2.05) is 25.1 Å². The van der Waals surface area contributed by atoms with Gasteiger partial charge in [0.2, 0.25) is 0 Å². The third kappa shape index (κ3) is 2.91. The van der Waals surface area contributed by atoms with Crippen molar-refractivity contribution in [2.45, 2.75) is 13.1 Å². The molecule has 0 saturated heterocycles. The first kappa shape index (κ1) is 13.9. The Morgan fingerprint density at radius 1 is 1.05 bits per heavy atom. The third-order valence-electron chi connectivity index (χ3n) is 2.88. The Morgan fingerprint density at radius 2 is 1.75 bits per heavy atom. The highest BCUT2D eigenvalue weighted by atomic mass is 19.4. The van der Waals surface area contributed by atoms with Gasteiger partial charge in [-0.1, -0.05) is 18.2 Å². The number of benzene rings is 2. The topological polar surface area (TPSA) is 35.8 Å². The van der Waals surface area contributed by atoms with Crippen LogP contribution in [0.4, 0.5) is 24.5 Å². The maximum absolute atomic E-state index is 12.6. The predicted octanol–water partition coefficient (Wildman–Crippen LogP) is 4.63. The molecular weight excluding hydrogens is 265 g/mol. The van der Waals surface area contributed by atoms with Crippen molar-refractivity contribution in [3.8, 4) is 6.07 Å². The molecule has 0 spiro atoms. The highest BCUT2D eigenvalue weighted by Gasteiger charge is 2.31. The van der Waals surface area contributed by atoms with E-state index in [1.54, 1.807) is 12.1 Å². The maximum Gasteiger partial charge on any atom is 0.416 e. The average molecular weight is 276 g/mol. The molecule has 0 bridgehead atoms. The van der Waals surface area contributed by atoms with E-state index >= 15 is 0 Å².